The Morgan fingerprint density at radius 1 is 1.12 bits per heavy atom. The summed E-state index contributed by atoms with van der Waals surface area (Å²) in [7, 11) is 0.106. The number of esters is 2. The molecule has 0 unspecified atom stereocenters. The lowest BCUT2D eigenvalue weighted by Crippen LogP contribution is -2.53. The second-order valence-corrected chi connectivity index (χ2v) is 17.4. The molecule has 0 aliphatic heterocycles. The molecular weight excluding hydrogens is 432 g/mol. The topological polar surface area (TPSA) is 69.7 Å². The molecule has 0 amide bonds. The molecule has 1 fully saturated rings. The molecule has 0 radical (unpaired) electrons. The summed E-state index contributed by atoms with van der Waals surface area (Å²) in [6.07, 6.45) is 5.24. The van der Waals surface area contributed by atoms with Crippen LogP contribution in [0.4, 0.5) is 0 Å². The summed E-state index contributed by atoms with van der Waals surface area (Å²) in [4.78, 5) is 37.7. The molecule has 5 nitrogen and oxygen atoms in total. The number of carbonyl (C=O) groups excluding carboxylic acids is 3. The van der Waals surface area contributed by atoms with Crippen molar-refractivity contribution in [1.29, 1.82) is 0 Å². The Kier molecular flexibility index (Phi) is 7.01. The van der Waals surface area contributed by atoms with E-state index in [1.54, 1.807) is 6.92 Å². The first-order chi connectivity index (χ1) is 15.2. The Balaban J connectivity index is 2.26. The maximum Gasteiger partial charge on any atom is 0.311 e. The Hall–Kier alpha value is -1.95. The molecule has 33 heavy (non-hydrogen) atoms. The Morgan fingerprint density at radius 3 is 2.33 bits per heavy atom. The van der Waals surface area contributed by atoms with Crippen LogP contribution in [-0.4, -0.2) is 32.9 Å². The zero-order chi connectivity index (χ0) is 24.8. The van der Waals surface area contributed by atoms with E-state index >= 15 is 0 Å². The fraction of sp³-hybridized carbons (Fsp3) is 0.667. The monoisotopic (exact) mass is 472 g/mol. The third kappa shape index (κ3) is 4.68. The average Bonchev–Trinajstić information content (AvgIpc) is 2.70. The lowest BCUT2D eigenvalue weighted by Gasteiger charge is -2.54. The van der Waals surface area contributed by atoms with Crippen molar-refractivity contribution in [1.82, 2.24) is 0 Å². The van der Waals surface area contributed by atoms with E-state index < -0.39 is 19.5 Å². The van der Waals surface area contributed by atoms with Gasteiger partial charge in [-0.2, -0.15) is 0 Å². The first kappa shape index (κ1) is 25.7. The fourth-order valence-electron chi connectivity index (χ4n) is 6.54. The highest BCUT2D eigenvalue weighted by Gasteiger charge is 2.56. The molecule has 0 heterocycles. The standard InChI is InChI=1S/C27H40O5Si/c1-17(28)24-20(12-15-33(6,7)8)19-10-11-23-26(3,21(19)16-22(24)32-18(2)29)13-9-14-27(23,4)25(30)31-5/h16,23H,9-15H2,1-8H3/t23-,26-,27+/m1/s1. The highest BCUT2D eigenvalue weighted by Crippen LogP contribution is 2.59. The van der Waals surface area contributed by atoms with Crippen LogP contribution >= 0.6 is 0 Å². The highest BCUT2D eigenvalue weighted by atomic mass is 28.3. The molecule has 0 saturated heterocycles. The summed E-state index contributed by atoms with van der Waals surface area (Å²) >= 11 is 0. The molecule has 0 aromatic heterocycles. The Bertz CT molecular complexity index is 976. The van der Waals surface area contributed by atoms with Gasteiger partial charge in [-0.3, -0.25) is 14.4 Å². The minimum Gasteiger partial charge on any atom is -0.469 e. The van der Waals surface area contributed by atoms with Crippen molar-refractivity contribution in [3.05, 3.63) is 28.3 Å². The van der Waals surface area contributed by atoms with Crippen LogP contribution in [0.2, 0.25) is 25.7 Å². The third-order valence-corrected chi connectivity index (χ3v) is 9.87. The van der Waals surface area contributed by atoms with E-state index in [-0.39, 0.29) is 23.1 Å². The van der Waals surface area contributed by atoms with Gasteiger partial charge < -0.3 is 9.47 Å². The van der Waals surface area contributed by atoms with Crippen LogP contribution in [0, 0.1) is 11.3 Å². The fourth-order valence-corrected chi connectivity index (χ4v) is 7.54. The van der Waals surface area contributed by atoms with Crippen molar-refractivity contribution in [3.8, 4) is 5.75 Å². The van der Waals surface area contributed by atoms with Gasteiger partial charge in [0.2, 0.25) is 0 Å². The number of hydrogen-bond acceptors (Lipinski definition) is 5. The lowest BCUT2D eigenvalue weighted by atomic mass is 9.49. The summed E-state index contributed by atoms with van der Waals surface area (Å²) < 4.78 is 10.9. The van der Waals surface area contributed by atoms with Gasteiger partial charge in [0.05, 0.1) is 18.1 Å². The quantitative estimate of drug-likeness (QED) is 0.224. The van der Waals surface area contributed by atoms with Crippen molar-refractivity contribution < 1.29 is 23.9 Å². The number of rotatable bonds is 6. The molecule has 0 N–H and O–H groups in total. The summed E-state index contributed by atoms with van der Waals surface area (Å²) in [5.74, 6) is -0.103. The number of benzene rings is 1. The predicted molar refractivity (Wildman–Crippen MR) is 133 cm³/mol. The van der Waals surface area contributed by atoms with E-state index in [2.05, 4.69) is 33.5 Å². The van der Waals surface area contributed by atoms with Crippen LogP contribution in [0.3, 0.4) is 0 Å². The van der Waals surface area contributed by atoms with Crippen molar-refractivity contribution in [2.24, 2.45) is 11.3 Å². The van der Waals surface area contributed by atoms with Gasteiger partial charge in [-0.1, -0.05) is 39.0 Å². The van der Waals surface area contributed by atoms with E-state index in [1.165, 1.54) is 19.6 Å². The number of fused-ring (bicyclic) bond motifs is 3. The number of hydrogen-bond donors (Lipinski definition) is 0. The van der Waals surface area contributed by atoms with E-state index in [1.807, 2.05) is 6.07 Å². The molecule has 0 spiro atoms. The lowest BCUT2D eigenvalue weighted by molar-refractivity contribution is -0.161. The largest absolute Gasteiger partial charge is 0.469 e. The van der Waals surface area contributed by atoms with Crippen molar-refractivity contribution >= 4 is 25.8 Å². The average molecular weight is 473 g/mol. The second kappa shape index (κ2) is 9.01. The number of Topliss-reactive ketones (excluding diaryl/α,β-unsaturated/α-hetero) is 1. The van der Waals surface area contributed by atoms with E-state index in [9.17, 15) is 14.4 Å². The van der Waals surface area contributed by atoms with Crippen molar-refractivity contribution in [2.75, 3.05) is 7.11 Å². The van der Waals surface area contributed by atoms with Crippen molar-refractivity contribution in [2.45, 2.75) is 97.3 Å². The van der Waals surface area contributed by atoms with E-state index in [0.29, 0.717) is 11.3 Å². The molecule has 0 bridgehead atoms. The van der Waals surface area contributed by atoms with Crippen LogP contribution in [0.5, 0.6) is 5.75 Å². The molecule has 3 rings (SSSR count). The van der Waals surface area contributed by atoms with Gasteiger partial charge in [-0.05, 0) is 80.0 Å². The van der Waals surface area contributed by atoms with Crippen LogP contribution in [-0.2, 0) is 32.6 Å². The van der Waals surface area contributed by atoms with Gasteiger partial charge in [0.1, 0.15) is 5.75 Å². The minimum absolute atomic E-state index is 0.0602. The number of carbonyl (C=O) groups is 3. The molecule has 182 valence electrons. The third-order valence-electron chi connectivity index (χ3n) is 8.12. The number of ether oxygens (including phenoxy) is 2. The molecular formula is C27H40O5Si. The summed E-state index contributed by atoms with van der Waals surface area (Å²) in [5.41, 5.74) is 3.23. The van der Waals surface area contributed by atoms with Gasteiger partial charge in [0.15, 0.2) is 5.78 Å². The second-order valence-electron chi connectivity index (χ2n) is 11.7. The summed E-state index contributed by atoms with van der Waals surface area (Å²) in [6.45, 7) is 14.3. The molecule has 1 aromatic carbocycles. The van der Waals surface area contributed by atoms with Crippen LogP contribution < -0.4 is 4.74 Å². The molecule has 2 aliphatic rings. The zero-order valence-electron chi connectivity index (χ0n) is 21.6. The van der Waals surface area contributed by atoms with Crippen LogP contribution in [0.15, 0.2) is 6.07 Å². The number of methoxy groups -OCH3 is 1. The number of ketones is 1. The highest BCUT2D eigenvalue weighted by molar-refractivity contribution is 6.76. The normalized spacial score (nSPS) is 26.7. The van der Waals surface area contributed by atoms with Crippen LogP contribution in [0.25, 0.3) is 0 Å². The minimum atomic E-state index is -1.37. The first-order valence-corrected chi connectivity index (χ1v) is 15.9. The van der Waals surface area contributed by atoms with Gasteiger partial charge in [0.25, 0.3) is 0 Å². The van der Waals surface area contributed by atoms with E-state index in [4.69, 9.17) is 9.47 Å². The maximum absolute atomic E-state index is 12.9. The van der Waals surface area contributed by atoms with Gasteiger partial charge >= 0.3 is 11.9 Å². The molecule has 1 saturated carbocycles. The molecule has 1 aromatic rings. The first-order valence-electron chi connectivity index (χ1n) is 12.2. The Labute approximate surface area is 199 Å². The predicted octanol–water partition coefficient (Wildman–Crippen LogP) is 5.88. The Morgan fingerprint density at radius 2 is 1.79 bits per heavy atom. The summed E-state index contributed by atoms with van der Waals surface area (Å²) in [6, 6.07) is 3.00. The SMILES string of the molecule is COC(=O)[C@@]1(C)CCC[C@]2(C)c3cc(OC(C)=O)c(C(C)=O)c(CC[Si](C)(C)C)c3CC[C@@H]12. The van der Waals surface area contributed by atoms with Gasteiger partial charge in [-0.25, -0.2) is 0 Å². The maximum atomic E-state index is 12.9. The summed E-state index contributed by atoms with van der Waals surface area (Å²) in [5, 5.41) is 0. The van der Waals surface area contributed by atoms with Crippen molar-refractivity contribution in [3.63, 3.8) is 0 Å². The van der Waals surface area contributed by atoms with E-state index in [0.717, 1.165) is 55.7 Å². The van der Waals surface area contributed by atoms with Crippen LogP contribution in [0.1, 0.15) is 80.4 Å². The van der Waals surface area contributed by atoms with Gasteiger partial charge in [0, 0.05) is 15.0 Å². The molecule has 3 atom stereocenters. The molecule has 2 aliphatic carbocycles. The van der Waals surface area contributed by atoms with Gasteiger partial charge in [-0.15, -0.1) is 0 Å². The zero-order valence-corrected chi connectivity index (χ0v) is 22.6. The molecule has 6 heteroatoms. The smallest absolute Gasteiger partial charge is 0.311 e.